The number of aromatic nitrogens is 6. The summed E-state index contributed by atoms with van der Waals surface area (Å²) in [5, 5.41) is 12.0. The third-order valence-corrected chi connectivity index (χ3v) is 6.85. The van der Waals surface area contributed by atoms with Crippen LogP contribution in [0, 0.1) is 11.0 Å². The van der Waals surface area contributed by atoms with Gasteiger partial charge in [-0.25, -0.2) is 0 Å². The molecule has 184 valence electrons. The summed E-state index contributed by atoms with van der Waals surface area (Å²) in [7, 11) is 0. The average molecular weight is 512 g/mol. The maximum absolute atomic E-state index is 13.7. The number of carbonyl (C=O) groups is 1. The van der Waals surface area contributed by atoms with E-state index in [0.29, 0.717) is 17.8 Å². The largest absolute Gasteiger partial charge is 0.353 e. The van der Waals surface area contributed by atoms with Crippen LogP contribution in [-0.4, -0.2) is 36.0 Å². The van der Waals surface area contributed by atoms with Crippen molar-refractivity contribution in [1.29, 1.82) is 0 Å². The van der Waals surface area contributed by atoms with Gasteiger partial charge in [0.25, 0.3) is 0 Å². The zero-order valence-electron chi connectivity index (χ0n) is 20.0. The Morgan fingerprint density at radius 3 is 2.70 bits per heavy atom. The van der Waals surface area contributed by atoms with Gasteiger partial charge in [0.2, 0.25) is 5.91 Å². The Morgan fingerprint density at radius 2 is 1.89 bits per heavy atom. The second-order valence-corrected chi connectivity index (χ2v) is 10.2. The first-order valence-electron chi connectivity index (χ1n) is 11.8. The van der Waals surface area contributed by atoms with E-state index in [1.165, 1.54) is 6.07 Å². The highest BCUT2D eigenvalue weighted by Gasteiger charge is 2.16. The van der Waals surface area contributed by atoms with E-state index < -0.39 is 0 Å². The molecule has 6 aromatic rings. The predicted octanol–water partition coefficient (Wildman–Crippen LogP) is 6.42. The summed E-state index contributed by atoms with van der Waals surface area (Å²) in [6.07, 6.45) is 7.22. The van der Waals surface area contributed by atoms with Gasteiger partial charge in [-0.15, -0.1) is 11.3 Å². The summed E-state index contributed by atoms with van der Waals surface area (Å²) >= 11 is 1.07. The van der Waals surface area contributed by atoms with Crippen molar-refractivity contribution in [3.63, 3.8) is 0 Å². The molecule has 3 N–H and O–H groups in total. The fourth-order valence-electron chi connectivity index (χ4n) is 4.33. The molecule has 0 aromatic carbocycles. The van der Waals surface area contributed by atoms with Crippen LogP contribution in [0.4, 0.5) is 10.1 Å². The van der Waals surface area contributed by atoms with Crippen LogP contribution in [0.5, 0.6) is 0 Å². The zero-order chi connectivity index (χ0) is 25.5. The van der Waals surface area contributed by atoms with Gasteiger partial charge in [-0.3, -0.25) is 24.8 Å². The van der Waals surface area contributed by atoms with Crippen LogP contribution >= 0.6 is 11.3 Å². The first-order valence-corrected chi connectivity index (χ1v) is 12.6. The topological polar surface area (TPSA) is 112 Å². The molecule has 10 heteroatoms. The van der Waals surface area contributed by atoms with Crippen molar-refractivity contribution in [3.8, 4) is 33.2 Å². The van der Waals surface area contributed by atoms with E-state index in [0.717, 1.165) is 60.7 Å². The van der Waals surface area contributed by atoms with Crippen LogP contribution in [0.25, 0.3) is 55.0 Å². The first kappa shape index (κ1) is 23.0. The van der Waals surface area contributed by atoms with E-state index >= 15 is 0 Å². The highest BCUT2D eigenvalue weighted by atomic mass is 32.1. The van der Waals surface area contributed by atoms with Crippen molar-refractivity contribution in [3.05, 3.63) is 66.3 Å². The third kappa shape index (κ3) is 4.47. The number of halogens is 1. The maximum atomic E-state index is 13.7. The van der Waals surface area contributed by atoms with E-state index in [1.54, 1.807) is 30.9 Å². The minimum Gasteiger partial charge on any atom is -0.353 e. The van der Waals surface area contributed by atoms with Crippen LogP contribution in [-0.2, 0) is 4.79 Å². The van der Waals surface area contributed by atoms with E-state index in [1.807, 2.05) is 38.1 Å². The molecular weight excluding hydrogens is 489 g/mol. The minimum atomic E-state index is -0.249. The Morgan fingerprint density at radius 1 is 1.03 bits per heavy atom. The summed E-state index contributed by atoms with van der Waals surface area (Å²) in [5.41, 5.74) is 6.02. The van der Waals surface area contributed by atoms with Gasteiger partial charge in [0.05, 0.1) is 45.6 Å². The molecule has 8 nitrogen and oxygen atoms in total. The van der Waals surface area contributed by atoms with E-state index in [4.69, 9.17) is 0 Å². The predicted molar refractivity (Wildman–Crippen MR) is 144 cm³/mol. The average Bonchev–Trinajstić information content (AvgIpc) is 3.60. The lowest BCUT2D eigenvalue weighted by Crippen LogP contribution is -2.13. The molecule has 0 unspecified atom stereocenters. The molecular formula is C27H22FN7OS. The number of pyridine rings is 3. The van der Waals surface area contributed by atoms with Gasteiger partial charge >= 0.3 is 0 Å². The standard InChI is InChI=1S/C27H22FN7OS/c1-14(2)7-25(36)32-16-8-15(11-29-12-16)20-9-18-22(13-31-20)34-35-26(18)21-10-17-19(33-21)5-6-30-27(17)23-3-4-24(28)37-23/h3-6,8-14,33H,7H2,1-2H3,(H,32,36)(H,34,35). The molecule has 0 saturated heterocycles. The smallest absolute Gasteiger partial charge is 0.224 e. The van der Waals surface area contributed by atoms with Crippen molar-refractivity contribution in [2.24, 2.45) is 5.92 Å². The second-order valence-electron chi connectivity index (χ2n) is 9.20. The Kier molecular flexibility index (Phi) is 5.72. The molecule has 1 amide bonds. The number of hydrogen-bond donors (Lipinski definition) is 3. The Hall–Kier alpha value is -4.44. The van der Waals surface area contributed by atoms with Crippen LogP contribution in [0.15, 0.2) is 61.2 Å². The van der Waals surface area contributed by atoms with Crippen molar-refractivity contribution in [2.45, 2.75) is 20.3 Å². The quantitative estimate of drug-likeness (QED) is 0.239. The number of anilines is 1. The molecule has 0 bridgehead atoms. The molecule has 0 spiro atoms. The number of hydrogen-bond acceptors (Lipinski definition) is 6. The molecule has 6 heterocycles. The van der Waals surface area contributed by atoms with E-state index in [-0.39, 0.29) is 17.0 Å². The summed E-state index contributed by atoms with van der Waals surface area (Å²) < 4.78 is 13.7. The maximum Gasteiger partial charge on any atom is 0.224 e. The van der Waals surface area contributed by atoms with Gasteiger partial charge < -0.3 is 10.3 Å². The molecule has 0 aliphatic heterocycles. The molecule has 0 fully saturated rings. The fourth-order valence-corrected chi connectivity index (χ4v) is 5.07. The molecule has 0 saturated carbocycles. The van der Waals surface area contributed by atoms with E-state index in [2.05, 4.69) is 35.5 Å². The van der Waals surface area contributed by atoms with Crippen molar-refractivity contribution >= 4 is 44.7 Å². The Bertz CT molecular complexity index is 1770. The number of carbonyl (C=O) groups excluding carboxylic acids is 1. The number of nitrogens with zero attached hydrogens (tertiary/aromatic N) is 4. The number of H-pyrrole nitrogens is 2. The number of aromatic amines is 2. The first-order chi connectivity index (χ1) is 17.9. The molecule has 0 aliphatic rings. The fraction of sp³-hybridized carbons (Fsp3) is 0.148. The Labute approximate surface area is 215 Å². The van der Waals surface area contributed by atoms with Crippen LogP contribution in [0.3, 0.4) is 0 Å². The third-order valence-electron chi connectivity index (χ3n) is 5.97. The van der Waals surface area contributed by atoms with Gasteiger partial charge in [0.15, 0.2) is 5.13 Å². The molecule has 6 aromatic heterocycles. The molecule has 0 aliphatic carbocycles. The van der Waals surface area contributed by atoms with Gasteiger partial charge in [-0.1, -0.05) is 13.8 Å². The zero-order valence-corrected chi connectivity index (χ0v) is 20.9. The van der Waals surface area contributed by atoms with Crippen LogP contribution in [0.2, 0.25) is 0 Å². The van der Waals surface area contributed by atoms with Crippen LogP contribution in [0.1, 0.15) is 20.3 Å². The lowest BCUT2D eigenvalue weighted by Gasteiger charge is -2.08. The summed E-state index contributed by atoms with van der Waals surface area (Å²) in [6, 6.07) is 10.9. The van der Waals surface area contributed by atoms with Gasteiger partial charge in [-0.05, 0) is 42.3 Å². The monoisotopic (exact) mass is 511 g/mol. The molecule has 37 heavy (non-hydrogen) atoms. The molecule has 0 radical (unpaired) electrons. The molecule has 6 rings (SSSR count). The van der Waals surface area contributed by atoms with E-state index in [9.17, 15) is 9.18 Å². The Balaban J connectivity index is 1.38. The lowest BCUT2D eigenvalue weighted by atomic mass is 10.1. The van der Waals surface area contributed by atoms with Gasteiger partial charge in [-0.2, -0.15) is 9.49 Å². The highest BCUT2D eigenvalue weighted by molar-refractivity contribution is 7.13. The van der Waals surface area contributed by atoms with Crippen molar-refractivity contribution < 1.29 is 9.18 Å². The normalized spacial score (nSPS) is 11.6. The van der Waals surface area contributed by atoms with Crippen molar-refractivity contribution in [2.75, 3.05) is 5.32 Å². The van der Waals surface area contributed by atoms with Gasteiger partial charge in [0, 0.05) is 40.7 Å². The van der Waals surface area contributed by atoms with Gasteiger partial charge in [0.1, 0.15) is 5.69 Å². The number of rotatable bonds is 6. The van der Waals surface area contributed by atoms with Crippen LogP contribution < -0.4 is 5.32 Å². The highest BCUT2D eigenvalue weighted by Crippen LogP contribution is 2.35. The summed E-state index contributed by atoms with van der Waals surface area (Å²) in [6.45, 7) is 4.00. The number of fused-ring (bicyclic) bond motifs is 2. The van der Waals surface area contributed by atoms with Crippen molar-refractivity contribution in [1.82, 2.24) is 30.1 Å². The minimum absolute atomic E-state index is 0.0487. The number of nitrogens with one attached hydrogen (secondary N) is 3. The SMILES string of the molecule is CC(C)CC(=O)Nc1cncc(-c2cc3c(-c4cc5c(-c6ccc(F)s6)nccc5[nH]4)n[nH]c3cn2)c1. The number of amides is 1. The summed E-state index contributed by atoms with van der Waals surface area (Å²) in [5.74, 6) is 0.218. The molecule has 0 atom stereocenters. The second kappa shape index (κ2) is 9.21. The summed E-state index contributed by atoms with van der Waals surface area (Å²) in [4.78, 5) is 29.8. The lowest BCUT2D eigenvalue weighted by molar-refractivity contribution is -0.116. The number of thiophene rings is 1.